The van der Waals surface area contributed by atoms with Gasteiger partial charge in [-0.15, -0.1) is 0 Å². The lowest BCUT2D eigenvalue weighted by Crippen LogP contribution is -2.16. The third kappa shape index (κ3) is 4.51. The molecule has 1 heterocycles. The van der Waals surface area contributed by atoms with Crippen LogP contribution in [0.2, 0.25) is 0 Å². The van der Waals surface area contributed by atoms with Gasteiger partial charge in [-0.2, -0.15) is 5.26 Å². The van der Waals surface area contributed by atoms with Gasteiger partial charge in [0.15, 0.2) is 0 Å². The van der Waals surface area contributed by atoms with Crippen LogP contribution in [0, 0.1) is 11.3 Å². The molecule has 28 heavy (non-hydrogen) atoms. The molecular weight excluding hydrogens is 356 g/mol. The van der Waals surface area contributed by atoms with E-state index in [9.17, 15) is 9.59 Å². The molecule has 7 nitrogen and oxygen atoms in total. The molecule has 3 aromatic rings. The van der Waals surface area contributed by atoms with E-state index in [0.717, 1.165) is 0 Å². The lowest BCUT2D eigenvalue weighted by atomic mass is 10.1. The molecule has 0 saturated heterocycles. The van der Waals surface area contributed by atoms with E-state index in [4.69, 9.17) is 10.00 Å². The number of carbonyl (C=O) groups is 2. The molecule has 0 radical (unpaired) electrons. The summed E-state index contributed by atoms with van der Waals surface area (Å²) in [6, 6.07) is 16.8. The molecule has 0 fully saturated rings. The number of nitrogens with one attached hydrogen (secondary N) is 2. The van der Waals surface area contributed by atoms with Gasteiger partial charge < -0.3 is 15.4 Å². The van der Waals surface area contributed by atoms with Gasteiger partial charge in [-0.25, -0.2) is 0 Å². The third-order valence-corrected chi connectivity index (χ3v) is 3.88. The Kier molecular flexibility index (Phi) is 5.63. The van der Waals surface area contributed by atoms with Crippen LogP contribution in [0.3, 0.4) is 0 Å². The Morgan fingerprint density at radius 2 is 1.39 bits per heavy atom. The summed E-state index contributed by atoms with van der Waals surface area (Å²) in [5, 5.41) is 14.3. The first-order valence-corrected chi connectivity index (χ1v) is 8.31. The molecule has 0 saturated carbocycles. The number of nitrogens with zero attached hydrogens (tertiary/aromatic N) is 2. The Morgan fingerprint density at radius 1 is 0.893 bits per heavy atom. The summed E-state index contributed by atoms with van der Waals surface area (Å²) < 4.78 is 5.08. The smallest absolute Gasteiger partial charge is 0.257 e. The first kappa shape index (κ1) is 18.6. The van der Waals surface area contributed by atoms with Crippen molar-refractivity contribution in [2.24, 2.45) is 0 Å². The molecule has 0 aliphatic heterocycles. The van der Waals surface area contributed by atoms with E-state index in [1.807, 2.05) is 6.07 Å². The molecule has 0 aliphatic carbocycles. The van der Waals surface area contributed by atoms with E-state index in [2.05, 4.69) is 15.6 Å². The van der Waals surface area contributed by atoms with E-state index >= 15 is 0 Å². The fraction of sp³-hybridized carbons (Fsp3) is 0.0476. The van der Waals surface area contributed by atoms with Crippen molar-refractivity contribution in [3.05, 3.63) is 83.7 Å². The first-order valence-electron chi connectivity index (χ1n) is 8.31. The summed E-state index contributed by atoms with van der Waals surface area (Å²) in [6.45, 7) is 0. The van der Waals surface area contributed by atoms with Crippen LogP contribution in [-0.4, -0.2) is 23.9 Å². The largest absolute Gasteiger partial charge is 0.497 e. The minimum absolute atomic E-state index is 0.242. The maximum absolute atomic E-state index is 12.4. The van der Waals surface area contributed by atoms with Crippen molar-refractivity contribution in [2.75, 3.05) is 17.7 Å². The van der Waals surface area contributed by atoms with Crippen LogP contribution in [0.4, 0.5) is 11.4 Å². The van der Waals surface area contributed by atoms with Gasteiger partial charge in [-0.3, -0.25) is 14.6 Å². The van der Waals surface area contributed by atoms with Crippen LogP contribution in [0.15, 0.2) is 67.0 Å². The number of anilines is 2. The molecule has 3 rings (SSSR count). The minimum atomic E-state index is -0.406. The number of pyridine rings is 1. The van der Waals surface area contributed by atoms with Gasteiger partial charge in [0, 0.05) is 23.8 Å². The lowest BCUT2D eigenvalue weighted by molar-refractivity contribution is 0.102. The van der Waals surface area contributed by atoms with Gasteiger partial charge in [0.2, 0.25) is 0 Å². The average molecular weight is 372 g/mol. The first-order chi connectivity index (χ1) is 13.6. The Bertz CT molecular complexity index is 1040. The van der Waals surface area contributed by atoms with Crippen LogP contribution in [0.1, 0.15) is 26.3 Å². The van der Waals surface area contributed by atoms with Crippen molar-refractivity contribution in [1.29, 1.82) is 5.26 Å². The summed E-state index contributed by atoms with van der Waals surface area (Å²) >= 11 is 0. The normalized spacial score (nSPS) is 9.86. The van der Waals surface area contributed by atoms with Crippen LogP contribution >= 0.6 is 0 Å². The van der Waals surface area contributed by atoms with Gasteiger partial charge in [0.25, 0.3) is 11.8 Å². The highest BCUT2D eigenvalue weighted by Gasteiger charge is 2.12. The number of carbonyl (C=O) groups excluding carboxylic acids is 2. The van der Waals surface area contributed by atoms with Gasteiger partial charge in [-0.1, -0.05) is 0 Å². The summed E-state index contributed by atoms with van der Waals surface area (Å²) in [4.78, 5) is 28.8. The molecule has 1 aromatic heterocycles. The molecule has 0 aliphatic rings. The number of aromatic nitrogens is 1. The number of hydrogen-bond donors (Lipinski definition) is 2. The van der Waals surface area contributed by atoms with Crippen LogP contribution in [0.25, 0.3) is 0 Å². The fourth-order valence-electron chi connectivity index (χ4n) is 2.40. The second-order valence-corrected chi connectivity index (χ2v) is 5.79. The zero-order valence-electron chi connectivity index (χ0n) is 15.0. The molecule has 7 heteroatoms. The Hall–Kier alpha value is -4.18. The summed E-state index contributed by atoms with van der Waals surface area (Å²) in [7, 11) is 1.56. The molecule has 2 N–H and O–H groups in total. The van der Waals surface area contributed by atoms with Gasteiger partial charge in [0.1, 0.15) is 5.75 Å². The Morgan fingerprint density at radius 3 is 1.86 bits per heavy atom. The fourth-order valence-corrected chi connectivity index (χ4v) is 2.40. The quantitative estimate of drug-likeness (QED) is 0.714. The average Bonchev–Trinajstić information content (AvgIpc) is 2.75. The molecule has 2 amide bonds. The third-order valence-electron chi connectivity index (χ3n) is 3.88. The number of ether oxygens (including phenoxy) is 1. The number of hydrogen-bond acceptors (Lipinski definition) is 5. The summed E-state index contributed by atoms with van der Waals surface area (Å²) in [5.41, 5.74) is 2.13. The highest BCUT2D eigenvalue weighted by atomic mass is 16.5. The Balaban J connectivity index is 1.70. The molecule has 0 spiro atoms. The van der Waals surface area contributed by atoms with Gasteiger partial charge in [-0.05, 0) is 54.6 Å². The SMILES string of the molecule is COc1ccc(NC(=O)c2cncc(C(=O)Nc3ccc(C#N)cc3)c2)cc1. The van der Waals surface area contributed by atoms with Crippen LogP contribution in [-0.2, 0) is 0 Å². The lowest BCUT2D eigenvalue weighted by Gasteiger charge is -2.08. The number of nitriles is 1. The standard InChI is InChI=1S/C21H16N4O3/c1-28-19-8-6-18(7-9-19)25-21(27)16-10-15(12-23-13-16)20(26)24-17-4-2-14(11-22)3-5-17/h2-10,12-13H,1H3,(H,24,26)(H,25,27). The summed E-state index contributed by atoms with van der Waals surface area (Å²) in [5.74, 6) is -0.108. The van der Waals surface area contributed by atoms with Crippen molar-refractivity contribution in [3.8, 4) is 11.8 Å². The molecule has 138 valence electrons. The van der Waals surface area contributed by atoms with E-state index in [-0.39, 0.29) is 17.0 Å². The van der Waals surface area contributed by atoms with E-state index < -0.39 is 5.91 Å². The van der Waals surface area contributed by atoms with Crippen molar-refractivity contribution in [3.63, 3.8) is 0 Å². The van der Waals surface area contributed by atoms with Gasteiger partial charge in [0.05, 0.1) is 29.9 Å². The number of methoxy groups -OCH3 is 1. The second-order valence-electron chi connectivity index (χ2n) is 5.79. The number of rotatable bonds is 5. The van der Waals surface area contributed by atoms with Crippen molar-refractivity contribution in [2.45, 2.75) is 0 Å². The zero-order chi connectivity index (χ0) is 19.9. The molecule has 0 bridgehead atoms. The van der Waals surface area contributed by atoms with Crippen molar-refractivity contribution >= 4 is 23.2 Å². The summed E-state index contributed by atoms with van der Waals surface area (Å²) in [6.07, 6.45) is 2.76. The van der Waals surface area contributed by atoms with Crippen LogP contribution < -0.4 is 15.4 Å². The Labute approximate surface area is 161 Å². The topological polar surface area (TPSA) is 104 Å². The predicted molar refractivity (Wildman–Crippen MR) is 104 cm³/mol. The van der Waals surface area contributed by atoms with Crippen molar-refractivity contribution in [1.82, 2.24) is 4.98 Å². The van der Waals surface area contributed by atoms with E-state index in [1.54, 1.807) is 55.6 Å². The number of benzene rings is 2. The second kappa shape index (κ2) is 8.47. The predicted octanol–water partition coefficient (Wildman–Crippen LogP) is 3.47. The highest BCUT2D eigenvalue weighted by molar-refractivity contribution is 6.08. The number of amides is 2. The molecule has 2 aromatic carbocycles. The maximum atomic E-state index is 12.4. The molecule has 0 atom stereocenters. The van der Waals surface area contributed by atoms with Crippen molar-refractivity contribution < 1.29 is 14.3 Å². The highest BCUT2D eigenvalue weighted by Crippen LogP contribution is 2.16. The van der Waals surface area contributed by atoms with Gasteiger partial charge >= 0.3 is 0 Å². The maximum Gasteiger partial charge on any atom is 0.257 e. The van der Waals surface area contributed by atoms with E-state index in [0.29, 0.717) is 22.7 Å². The molecule has 0 unspecified atom stereocenters. The minimum Gasteiger partial charge on any atom is -0.497 e. The van der Waals surface area contributed by atoms with Crippen LogP contribution in [0.5, 0.6) is 5.75 Å². The monoisotopic (exact) mass is 372 g/mol. The van der Waals surface area contributed by atoms with E-state index in [1.165, 1.54) is 18.5 Å². The zero-order valence-corrected chi connectivity index (χ0v) is 15.0. The molecular formula is C21H16N4O3.